The molecular weight excluding hydrogens is 316 g/mol. The zero-order valence-electron chi connectivity index (χ0n) is 12.7. The lowest BCUT2D eigenvalue weighted by Gasteiger charge is -2.24. The van der Waals surface area contributed by atoms with Gasteiger partial charge in [0, 0.05) is 27.7 Å². The third-order valence-electron chi connectivity index (χ3n) is 2.60. The Kier molecular flexibility index (Phi) is 6.66. The number of carbonyl (C=O) groups excluding carboxylic acids is 4. The number of hydrogen-bond acceptors (Lipinski definition) is 9. The van der Waals surface area contributed by atoms with E-state index in [1.807, 2.05) is 0 Å². The number of thioether (sulfide) groups is 1. The summed E-state index contributed by atoms with van der Waals surface area (Å²) in [5.41, 5.74) is -0.841. The fourth-order valence-corrected chi connectivity index (χ4v) is 3.35. The van der Waals surface area contributed by atoms with Gasteiger partial charge in [-0.15, -0.1) is 11.8 Å². The highest BCUT2D eigenvalue weighted by molar-refractivity contribution is 8.00. The van der Waals surface area contributed by atoms with E-state index in [0.29, 0.717) is 0 Å². The Morgan fingerprint density at radius 1 is 0.773 bits per heavy atom. The van der Waals surface area contributed by atoms with E-state index in [1.165, 1.54) is 27.7 Å². The molecule has 1 heterocycles. The molecule has 1 saturated heterocycles. The molecular formula is C13H18O8S. The molecule has 9 heteroatoms. The standard InChI is InChI=1S/C13H18O8S/c1-6(14)18-5-10-11(19-7(2)15)12(20-8(3)16)13(22-10)21-9(4)17/h10-13H,5H2,1-4H3/t10-,11+,12+,13-/m1/s1. The third kappa shape index (κ3) is 5.55. The number of rotatable bonds is 5. The molecule has 22 heavy (non-hydrogen) atoms. The summed E-state index contributed by atoms with van der Waals surface area (Å²) in [6.07, 6.45) is -1.84. The molecule has 4 atom stereocenters. The summed E-state index contributed by atoms with van der Waals surface area (Å²) >= 11 is 1.11. The zero-order valence-corrected chi connectivity index (χ0v) is 13.5. The monoisotopic (exact) mass is 334 g/mol. The van der Waals surface area contributed by atoms with Crippen LogP contribution in [0.5, 0.6) is 0 Å². The summed E-state index contributed by atoms with van der Waals surface area (Å²) in [5.74, 6) is -2.25. The van der Waals surface area contributed by atoms with Crippen molar-refractivity contribution in [2.24, 2.45) is 0 Å². The van der Waals surface area contributed by atoms with Crippen molar-refractivity contribution in [1.29, 1.82) is 0 Å². The average Bonchev–Trinajstić information content (AvgIpc) is 2.63. The molecule has 0 N–H and O–H groups in total. The molecule has 0 aliphatic carbocycles. The van der Waals surface area contributed by atoms with Crippen molar-refractivity contribution in [3.05, 3.63) is 0 Å². The van der Waals surface area contributed by atoms with Gasteiger partial charge in [0.15, 0.2) is 17.6 Å². The largest absolute Gasteiger partial charge is 0.465 e. The van der Waals surface area contributed by atoms with Gasteiger partial charge in [-0.1, -0.05) is 0 Å². The average molecular weight is 334 g/mol. The Hall–Kier alpha value is -1.77. The van der Waals surface area contributed by atoms with Crippen LogP contribution >= 0.6 is 11.8 Å². The maximum Gasteiger partial charge on any atom is 0.303 e. The van der Waals surface area contributed by atoms with Crippen LogP contribution in [0.1, 0.15) is 27.7 Å². The summed E-state index contributed by atoms with van der Waals surface area (Å²) in [4.78, 5) is 44.6. The molecule has 0 amide bonds. The van der Waals surface area contributed by atoms with Gasteiger partial charge in [-0.3, -0.25) is 19.2 Å². The predicted octanol–water partition coefficient (Wildman–Crippen LogP) is 0.417. The van der Waals surface area contributed by atoms with Crippen LogP contribution in [0.2, 0.25) is 0 Å². The first-order valence-electron chi connectivity index (χ1n) is 6.51. The number of hydrogen-bond donors (Lipinski definition) is 0. The molecule has 0 bridgehead atoms. The second kappa shape index (κ2) is 8.02. The highest BCUT2D eigenvalue weighted by atomic mass is 32.2. The first-order valence-corrected chi connectivity index (χ1v) is 7.45. The van der Waals surface area contributed by atoms with Crippen molar-refractivity contribution >= 4 is 35.6 Å². The number of carbonyl (C=O) groups is 4. The lowest BCUT2D eigenvalue weighted by atomic mass is 10.1. The van der Waals surface area contributed by atoms with Crippen molar-refractivity contribution in [3.8, 4) is 0 Å². The molecule has 0 aromatic carbocycles. The van der Waals surface area contributed by atoms with Gasteiger partial charge in [0.1, 0.15) is 6.61 Å². The summed E-state index contributed by atoms with van der Waals surface area (Å²) in [6, 6.07) is 0. The van der Waals surface area contributed by atoms with Crippen LogP contribution in [0.25, 0.3) is 0 Å². The zero-order chi connectivity index (χ0) is 16.9. The van der Waals surface area contributed by atoms with E-state index in [9.17, 15) is 19.2 Å². The second-order valence-corrected chi connectivity index (χ2v) is 5.95. The molecule has 1 fully saturated rings. The van der Waals surface area contributed by atoms with E-state index in [1.54, 1.807) is 0 Å². The Morgan fingerprint density at radius 3 is 1.73 bits per heavy atom. The van der Waals surface area contributed by atoms with E-state index in [0.717, 1.165) is 11.8 Å². The third-order valence-corrected chi connectivity index (χ3v) is 3.99. The van der Waals surface area contributed by atoms with Crippen LogP contribution in [-0.4, -0.2) is 53.4 Å². The van der Waals surface area contributed by atoms with Gasteiger partial charge >= 0.3 is 23.9 Å². The minimum atomic E-state index is -0.962. The minimum Gasteiger partial charge on any atom is -0.465 e. The van der Waals surface area contributed by atoms with Crippen LogP contribution in [0.15, 0.2) is 0 Å². The molecule has 1 aliphatic rings. The van der Waals surface area contributed by atoms with Gasteiger partial charge in [-0.2, -0.15) is 0 Å². The van der Waals surface area contributed by atoms with Crippen molar-refractivity contribution in [2.75, 3.05) is 6.61 Å². The van der Waals surface area contributed by atoms with Crippen LogP contribution < -0.4 is 0 Å². The lowest BCUT2D eigenvalue weighted by molar-refractivity contribution is -0.173. The predicted molar refractivity (Wildman–Crippen MR) is 74.7 cm³/mol. The molecule has 0 aromatic heterocycles. The van der Waals surface area contributed by atoms with Gasteiger partial charge in [-0.05, 0) is 0 Å². The van der Waals surface area contributed by atoms with Crippen LogP contribution in [0.3, 0.4) is 0 Å². The molecule has 1 aliphatic heterocycles. The summed E-state index contributed by atoms with van der Waals surface area (Å²) in [5, 5.41) is -0.513. The van der Waals surface area contributed by atoms with Crippen LogP contribution in [0, 0.1) is 0 Å². The summed E-state index contributed by atoms with van der Waals surface area (Å²) < 4.78 is 20.3. The molecule has 0 aromatic rings. The summed E-state index contributed by atoms with van der Waals surface area (Å²) in [7, 11) is 0. The van der Waals surface area contributed by atoms with Gasteiger partial charge in [0.2, 0.25) is 0 Å². The maximum absolute atomic E-state index is 11.3. The van der Waals surface area contributed by atoms with Crippen molar-refractivity contribution in [1.82, 2.24) is 0 Å². The fourth-order valence-electron chi connectivity index (χ4n) is 1.93. The van der Waals surface area contributed by atoms with E-state index in [4.69, 9.17) is 18.9 Å². The normalized spacial score (nSPS) is 26.9. The van der Waals surface area contributed by atoms with Crippen molar-refractivity contribution in [3.63, 3.8) is 0 Å². The van der Waals surface area contributed by atoms with E-state index < -0.39 is 46.8 Å². The van der Waals surface area contributed by atoms with Crippen LogP contribution in [-0.2, 0) is 38.1 Å². The molecule has 0 unspecified atom stereocenters. The summed E-state index contributed by atoms with van der Waals surface area (Å²) in [6.45, 7) is 4.80. The van der Waals surface area contributed by atoms with E-state index >= 15 is 0 Å². The van der Waals surface area contributed by atoms with Gasteiger partial charge in [0.05, 0.1) is 5.25 Å². The van der Waals surface area contributed by atoms with Gasteiger partial charge in [-0.25, -0.2) is 0 Å². The first kappa shape index (κ1) is 18.3. The second-order valence-electron chi connectivity index (χ2n) is 4.60. The Balaban J connectivity index is 2.94. The van der Waals surface area contributed by atoms with Gasteiger partial charge in [0.25, 0.3) is 0 Å². The maximum atomic E-state index is 11.3. The number of esters is 4. The molecule has 1 rings (SSSR count). The SMILES string of the molecule is CC(=O)OC[C@H]1S[C@@H](OC(C)=O)[C@@H](OC(C)=O)[C@H]1OC(C)=O. The highest BCUT2D eigenvalue weighted by Crippen LogP contribution is 2.39. The molecule has 0 saturated carbocycles. The van der Waals surface area contributed by atoms with Crippen LogP contribution in [0.4, 0.5) is 0 Å². The molecule has 0 spiro atoms. The topological polar surface area (TPSA) is 105 Å². The highest BCUT2D eigenvalue weighted by Gasteiger charge is 2.50. The molecule has 8 nitrogen and oxygen atoms in total. The quantitative estimate of drug-likeness (QED) is 0.522. The fraction of sp³-hybridized carbons (Fsp3) is 0.692. The van der Waals surface area contributed by atoms with Gasteiger partial charge < -0.3 is 18.9 Å². The lowest BCUT2D eigenvalue weighted by Crippen LogP contribution is -2.42. The van der Waals surface area contributed by atoms with E-state index in [2.05, 4.69) is 0 Å². The minimum absolute atomic E-state index is 0.0620. The molecule has 0 radical (unpaired) electrons. The number of ether oxygens (including phenoxy) is 4. The van der Waals surface area contributed by atoms with Crippen molar-refractivity contribution < 1.29 is 38.1 Å². The first-order chi connectivity index (χ1) is 10.2. The van der Waals surface area contributed by atoms with Crippen molar-refractivity contribution in [2.45, 2.75) is 50.6 Å². The smallest absolute Gasteiger partial charge is 0.303 e. The van der Waals surface area contributed by atoms with E-state index in [-0.39, 0.29) is 6.61 Å². The Morgan fingerprint density at radius 2 is 1.27 bits per heavy atom. The Bertz CT molecular complexity index is 463. The molecule has 124 valence electrons. The Labute approximate surface area is 131 Å².